The molecule has 0 saturated heterocycles. The van der Waals surface area contributed by atoms with Crippen molar-refractivity contribution in [3.8, 4) is 11.1 Å². The molecule has 0 heterocycles. The summed E-state index contributed by atoms with van der Waals surface area (Å²) in [5.41, 5.74) is 60.5. The zero-order valence-corrected chi connectivity index (χ0v) is 81.2. The maximum atomic E-state index is 11.1. The summed E-state index contributed by atoms with van der Waals surface area (Å²) in [5.74, 6) is -0.312. The summed E-state index contributed by atoms with van der Waals surface area (Å²) in [6, 6.07) is 70.7. The van der Waals surface area contributed by atoms with Crippen LogP contribution in [0.15, 0.2) is 236 Å². The number of sulfonamides is 1. The van der Waals surface area contributed by atoms with Crippen LogP contribution in [0.5, 0.6) is 0 Å². The number of nitrogen functional groups attached to an aromatic ring is 7. The molecule has 10 rings (SSSR count). The number of nitrogens with zero attached hydrogens (tertiary/aromatic N) is 5. The largest absolute Gasteiger partial charge is 0.399 e. The van der Waals surface area contributed by atoms with Crippen molar-refractivity contribution in [3.63, 3.8) is 0 Å². The third-order valence-electron chi connectivity index (χ3n) is 18.0. The van der Waals surface area contributed by atoms with Gasteiger partial charge in [-0.15, -0.1) is 12.4 Å². The first-order chi connectivity index (χ1) is 61.0. The van der Waals surface area contributed by atoms with E-state index in [0.29, 0.717) is 56.2 Å². The highest BCUT2D eigenvalue weighted by molar-refractivity contribution is 7.88. The van der Waals surface area contributed by atoms with Crippen molar-refractivity contribution in [2.45, 2.75) is 87.1 Å². The van der Waals surface area contributed by atoms with Gasteiger partial charge in [-0.1, -0.05) is 73.3 Å². The molecule has 0 spiro atoms. The summed E-state index contributed by atoms with van der Waals surface area (Å²) >= 11 is 0. The van der Waals surface area contributed by atoms with Gasteiger partial charge in [0.25, 0.3) is 20.2 Å². The number of benzene rings is 10. The standard InChI is InChI=1S/C17H22N2.C15H18N2O3S.C14H23N3O3S.C12H20N2O3S.C12H12N2.C10H16N2O.C8H10N2.ClH.3H2O4S/c1-4-19(5-2)16-11-12-17(14(3)13-16)18-15-9-7-6-8-10-15;1-2-17(14-7-5-13(16)6-8-14)11-12-3-9-15(10-4-12)21(18,19)20;1-5-17(9-8-15-21(4,19)20)13-6-7-14(11(2)10-13)16-12(3)18;1-3-14(7-4-8-18(15,16)17)11-5-6-12(13)10(2)9-11;13-10-6-7-12(14)11(8-10)9-4-2-1-3-5-9;1-2-12(7-8-13)10-5-3-9(11)4-6-10;1-2-6-5-7(9)3-4-8(6)10;;3*1-5(2,3)4/h6-13,18H,4-5H2,1-3H3;3-10H,2,11,16H2,1H3,(H,18,19,20);6-7,10,15H,5,8-9H2,1-4H3,(H,16,18);5-6,9H,3-4,7-8,13H2,1-2H3,(H,15,16,17);1-8H,13-14H2;3-6,13H,2,7-8,11H2,1H3;2-5H,1,9-10H2;1H;3*(H2,1,2,3,4). The van der Waals surface area contributed by atoms with Crippen LogP contribution in [0, 0.1) is 20.8 Å². The fourth-order valence-corrected chi connectivity index (χ4v) is 13.0. The number of amides is 1. The minimum absolute atomic E-state index is 0. The van der Waals surface area contributed by atoms with Crippen molar-refractivity contribution in [2.75, 3.05) is 159 Å². The van der Waals surface area contributed by atoms with Crippen molar-refractivity contribution >= 4 is 171 Å². The quantitative estimate of drug-likeness (QED) is 0.0153. The predicted molar refractivity (Wildman–Crippen MR) is 541 cm³/mol. The second kappa shape index (κ2) is 60.5. The van der Waals surface area contributed by atoms with E-state index in [9.17, 15) is 30.0 Å². The Kier molecular flexibility index (Phi) is 55.1. The van der Waals surface area contributed by atoms with Gasteiger partial charge in [-0.05, 0) is 266 Å². The molecular weight excluding hydrogens is 1850 g/mol. The minimum Gasteiger partial charge on any atom is -0.399 e. The van der Waals surface area contributed by atoms with Crippen molar-refractivity contribution < 1.29 is 96.8 Å². The molecule has 132 heavy (non-hydrogen) atoms. The molecule has 0 aromatic heterocycles. The number of para-hydroxylation sites is 1. The van der Waals surface area contributed by atoms with Crippen LogP contribution in [-0.2, 0) is 72.8 Å². The summed E-state index contributed by atoms with van der Waals surface area (Å²) in [4.78, 5) is 21.7. The first kappa shape index (κ1) is 120. The maximum absolute atomic E-state index is 11.1. The molecular formula is C88H128ClN15O22S6. The topological polar surface area (TPSA) is 638 Å². The van der Waals surface area contributed by atoms with E-state index >= 15 is 0 Å². The molecule has 1 amide bonds. The van der Waals surface area contributed by atoms with Crippen LogP contribution in [0.25, 0.3) is 17.2 Å². The van der Waals surface area contributed by atoms with Crippen molar-refractivity contribution in [1.82, 2.24) is 4.72 Å². The van der Waals surface area contributed by atoms with Gasteiger partial charge in [-0.3, -0.25) is 41.2 Å². The molecule has 0 atom stereocenters. The molecule has 0 unspecified atom stereocenters. The van der Waals surface area contributed by atoms with Gasteiger partial charge in [-0.2, -0.15) is 42.1 Å². The number of aliphatic hydroxyl groups excluding tert-OH is 1. The van der Waals surface area contributed by atoms with Crippen LogP contribution in [0.3, 0.4) is 0 Å². The number of rotatable bonds is 29. The van der Waals surface area contributed by atoms with Crippen LogP contribution >= 0.6 is 12.4 Å². The Labute approximate surface area is 783 Å². The monoisotopic (exact) mass is 1970 g/mol. The molecule has 0 bridgehead atoms. The summed E-state index contributed by atoms with van der Waals surface area (Å²) in [7, 11) is -25.2. The Hall–Kier alpha value is -11.6. The van der Waals surface area contributed by atoms with Crippen LogP contribution < -0.4 is 80.0 Å². The normalized spacial score (nSPS) is 10.7. The van der Waals surface area contributed by atoms with Crippen molar-refractivity contribution in [2.24, 2.45) is 0 Å². The van der Waals surface area contributed by atoms with Crippen LogP contribution in [0.1, 0.15) is 82.7 Å². The van der Waals surface area contributed by atoms with Gasteiger partial charge in [-0.25, -0.2) is 13.1 Å². The highest BCUT2D eigenvalue weighted by atomic mass is 35.5. The fourth-order valence-electron chi connectivity index (χ4n) is 11.6. The highest BCUT2D eigenvalue weighted by Crippen LogP contribution is 2.30. The molecule has 26 N–H and O–H groups in total. The Morgan fingerprint density at radius 3 is 1.20 bits per heavy atom. The maximum Gasteiger partial charge on any atom is 0.394 e. The van der Waals surface area contributed by atoms with E-state index in [4.69, 9.17) is 107 Å². The van der Waals surface area contributed by atoms with Gasteiger partial charge >= 0.3 is 31.2 Å². The second-order valence-corrected chi connectivity index (χ2v) is 35.6. The average molecular weight is 1980 g/mol. The number of carbonyl (C=O) groups is 1. The van der Waals surface area contributed by atoms with Gasteiger partial charge in [0.2, 0.25) is 15.9 Å². The SMILES string of the molecule is C=Cc1cc(N)ccc1N.CCN(CC)c1ccc(Nc2ccccc2)c(C)c1.CCN(CCCS(=O)(=O)O)c1ccc(N)c(C)c1.CCN(CCNS(C)(=O)=O)c1ccc(NC(C)=O)c(C)c1.CCN(CCO)c1ccc(N)cc1.CCN(Cc1ccc(S(=O)(=O)O)cc1)c1ccc(N)cc1.Cl.Nc1ccc(N)c(-c2ccccc2)c1.O=S(=O)(O)O.O=S(=O)(O)O.O=S(=O)(O)O. The Balaban J connectivity index is 0.00000149. The molecule has 0 radical (unpaired) electrons. The number of carbonyl (C=O) groups excluding carboxylic acids is 1. The van der Waals surface area contributed by atoms with Crippen LogP contribution in [-0.4, -0.2) is 182 Å². The smallest absolute Gasteiger partial charge is 0.394 e. The molecule has 0 aliphatic carbocycles. The zero-order valence-electron chi connectivity index (χ0n) is 75.5. The first-order valence-corrected chi connectivity index (χ1v) is 49.4. The number of aliphatic hydroxyl groups is 1. The van der Waals surface area contributed by atoms with Gasteiger partial charge in [0.05, 0.1) is 23.5 Å². The number of nitrogens with two attached hydrogens (primary N) is 7. The summed E-state index contributed by atoms with van der Waals surface area (Å²) < 4.78 is 180. The van der Waals surface area contributed by atoms with Crippen LogP contribution in [0.4, 0.5) is 85.3 Å². The lowest BCUT2D eigenvalue weighted by atomic mass is 10.0. The number of halogens is 1. The lowest BCUT2D eigenvalue weighted by Crippen LogP contribution is -2.34. The fraction of sp³-hybridized carbons (Fsp3) is 0.284. The first-order valence-electron chi connectivity index (χ1n) is 40.3. The van der Waals surface area contributed by atoms with Gasteiger partial charge in [0.15, 0.2) is 0 Å². The lowest BCUT2D eigenvalue weighted by Gasteiger charge is -2.24. The Morgan fingerprint density at radius 2 is 0.795 bits per heavy atom. The average Bonchev–Trinajstić information content (AvgIpc) is 0.848. The number of nitrogens with one attached hydrogen (secondary N) is 3. The second-order valence-electron chi connectivity index (χ2n) is 28.1. The third kappa shape index (κ3) is 54.9. The summed E-state index contributed by atoms with van der Waals surface area (Å²) in [6.45, 7) is 31.9. The van der Waals surface area contributed by atoms with Gasteiger partial charge in [0.1, 0.15) is 0 Å². The Morgan fingerprint density at radius 1 is 0.417 bits per heavy atom. The molecule has 0 fully saturated rings. The van der Waals surface area contributed by atoms with E-state index in [1.165, 1.54) is 36.0 Å². The third-order valence-corrected chi connectivity index (χ3v) is 20.4. The van der Waals surface area contributed by atoms with Gasteiger partial charge < -0.3 is 80.4 Å². The minimum atomic E-state index is -4.67. The van der Waals surface area contributed by atoms with Gasteiger partial charge in [0, 0.05) is 170 Å². The molecule has 0 aliphatic heterocycles. The number of likely N-dealkylation sites (N-methyl/N-ethyl adjacent to an activating group) is 2. The Bertz CT molecular complexity index is 5750. The molecule has 10 aromatic rings. The van der Waals surface area contributed by atoms with Crippen molar-refractivity contribution in [3.05, 3.63) is 259 Å². The van der Waals surface area contributed by atoms with E-state index in [0.717, 1.165) is 136 Å². The molecule has 37 nitrogen and oxygen atoms in total. The summed E-state index contributed by atoms with van der Waals surface area (Å²) in [5, 5.41) is 15.0. The predicted octanol–water partition coefficient (Wildman–Crippen LogP) is 13.7. The molecule has 10 aromatic carbocycles. The van der Waals surface area contributed by atoms with E-state index in [1.807, 2.05) is 186 Å². The molecule has 730 valence electrons. The van der Waals surface area contributed by atoms with E-state index in [-0.39, 0.29) is 35.6 Å². The number of hydrogen-bond donors (Lipinski definition) is 19. The zero-order chi connectivity index (χ0) is 99.6. The molecule has 0 aliphatic rings. The van der Waals surface area contributed by atoms with Crippen molar-refractivity contribution in [1.29, 1.82) is 0 Å². The number of anilines is 15. The summed E-state index contributed by atoms with van der Waals surface area (Å²) in [6.07, 6.45) is 3.23. The molecule has 0 saturated carbocycles. The van der Waals surface area contributed by atoms with Crippen LogP contribution in [0.2, 0.25) is 0 Å². The number of aryl methyl sites for hydroxylation is 3. The highest BCUT2D eigenvalue weighted by Gasteiger charge is 2.15. The van der Waals surface area contributed by atoms with E-state index in [2.05, 4.69) is 104 Å². The van der Waals surface area contributed by atoms with E-state index in [1.54, 1.807) is 36.4 Å². The lowest BCUT2D eigenvalue weighted by molar-refractivity contribution is -0.114. The van der Waals surface area contributed by atoms with E-state index < -0.39 is 61.5 Å². The molecule has 44 heteroatoms. The number of hydrogen-bond acceptors (Lipinski definition) is 27.